The third-order valence-corrected chi connectivity index (χ3v) is 5.13. The first-order valence-electron chi connectivity index (χ1n) is 9.92. The van der Waals surface area contributed by atoms with Crippen molar-refractivity contribution in [1.82, 2.24) is 34.8 Å². The fraction of sp³-hybridized carbons (Fsp3) is 0.130. The van der Waals surface area contributed by atoms with Crippen LogP contribution in [0.3, 0.4) is 0 Å². The lowest BCUT2D eigenvalue weighted by molar-refractivity contribution is 1.01. The average Bonchev–Trinajstić information content (AvgIpc) is 3.20. The van der Waals surface area contributed by atoms with Gasteiger partial charge in [0.15, 0.2) is 5.65 Å². The van der Waals surface area contributed by atoms with E-state index >= 15 is 0 Å². The summed E-state index contributed by atoms with van der Waals surface area (Å²) in [5.74, 6) is 0.647. The third-order valence-electron chi connectivity index (χ3n) is 5.13. The van der Waals surface area contributed by atoms with E-state index in [4.69, 9.17) is 0 Å². The van der Waals surface area contributed by atoms with Gasteiger partial charge in [0, 0.05) is 30.1 Å². The lowest BCUT2D eigenvalue weighted by atomic mass is 9.98. The number of aryl methyl sites for hydroxylation is 2. The van der Waals surface area contributed by atoms with E-state index in [1.807, 2.05) is 35.7 Å². The summed E-state index contributed by atoms with van der Waals surface area (Å²) in [6.45, 7) is 4.76. The molecule has 4 aromatic heterocycles. The number of fused-ring (bicyclic) bond motifs is 1. The molecule has 0 saturated carbocycles. The van der Waals surface area contributed by atoms with Gasteiger partial charge < -0.3 is 5.32 Å². The number of hydrogen-bond acceptors (Lipinski definition) is 7. The van der Waals surface area contributed by atoms with Crippen molar-refractivity contribution in [3.63, 3.8) is 0 Å². The number of aromatic nitrogens is 7. The second kappa shape index (κ2) is 7.91. The Balaban J connectivity index is 1.34. The first-order valence-corrected chi connectivity index (χ1v) is 9.92. The van der Waals surface area contributed by atoms with E-state index < -0.39 is 0 Å². The third kappa shape index (κ3) is 3.83. The Labute approximate surface area is 179 Å². The van der Waals surface area contributed by atoms with Crippen molar-refractivity contribution in [3.05, 3.63) is 84.2 Å². The molecule has 5 rings (SSSR count). The van der Waals surface area contributed by atoms with Crippen molar-refractivity contribution in [1.29, 1.82) is 0 Å². The molecule has 8 heteroatoms. The van der Waals surface area contributed by atoms with E-state index in [9.17, 15) is 0 Å². The Kier molecular flexibility index (Phi) is 4.80. The summed E-state index contributed by atoms with van der Waals surface area (Å²) in [7, 11) is 0. The number of nitrogens with zero attached hydrogens (tertiary/aromatic N) is 7. The summed E-state index contributed by atoms with van der Waals surface area (Å²) in [4.78, 5) is 8.78. The quantitative estimate of drug-likeness (QED) is 0.472. The van der Waals surface area contributed by atoms with E-state index in [2.05, 4.69) is 66.9 Å². The van der Waals surface area contributed by atoms with Gasteiger partial charge in [-0.3, -0.25) is 9.38 Å². The van der Waals surface area contributed by atoms with Crippen LogP contribution >= 0.6 is 0 Å². The molecule has 0 aliphatic rings. The van der Waals surface area contributed by atoms with Crippen LogP contribution in [0.5, 0.6) is 0 Å². The zero-order valence-electron chi connectivity index (χ0n) is 17.2. The highest BCUT2D eigenvalue weighted by Crippen LogP contribution is 2.25. The highest BCUT2D eigenvalue weighted by atomic mass is 15.3. The summed E-state index contributed by atoms with van der Waals surface area (Å²) < 4.78 is 1.83. The molecule has 0 aliphatic carbocycles. The van der Waals surface area contributed by atoms with Crippen molar-refractivity contribution in [2.45, 2.75) is 20.4 Å². The van der Waals surface area contributed by atoms with Crippen molar-refractivity contribution >= 4 is 11.6 Å². The van der Waals surface area contributed by atoms with Gasteiger partial charge in [-0.2, -0.15) is 10.2 Å². The number of rotatable bonds is 5. The number of nitrogens with one attached hydrogen (secondary N) is 1. The molecule has 0 spiro atoms. The van der Waals surface area contributed by atoms with Gasteiger partial charge in [0.1, 0.15) is 6.33 Å². The fourth-order valence-electron chi connectivity index (χ4n) is 3.57. The van der Waals surface area contributed by atoms with Crippen LogP contribution < -0.4 is 5.32 Å². The summed E-state index contributed by atoms with van der Waals surface area (Å²) >= 11 is 0. The van der Waals surface area contributed by atoms with Gasteiger partial charge in [-0.25, -0.2) is 4.98 Å². The van der Waals surface area contributed by atoms with E-state index in [1.165, 1.54) is 16.7 Å². The largest absolute Gasteiger partial charge is 0.350 e. The highest BCUT2D eigenvalue weighted by Gasteiger charge is 2.09. The maximum absolute atomic E-state index is 4.50. The molecule has 8 nitrogen and oxygen atoms in total. The molecule has 152 valence electrons. The van der Waals surface area contributed by atoms with Crippen LogP contribution in [-0.4, -0.2) is 34.8 Å². The van der Waals surface area contributed by atoms with Crippen LogP contribution in [0.2, 0.25) is 0 Å². The van der Waals surface area contributed by atoms with Gasteiger partial charge in [0.25, 0.3) is 0 Å². The van der Waals surface area contributed by atoms with Gasteiger partial charge in [0.05, 0.1) is 18.1 Å². The van der Waals surface area contributed by atoms with Gasteiger partial charge in [0.2, 0.25) is 5.95 Å². The predicted molar refractivity (Wildman–Crippen MR) is 118 cm³/mol. The molecule has 5 aromatic rings. The molecule has 0 aliphatic heterocycles. The summed E-state index contributed by atoms with van der Waals surface area (Å²) in [6, 6.07) is 14.4. The Bertz CT molecular complexity index is 1360. The fourth-order valence-corrected chi connectivity index (χ4v) is 3.57. The van der Waals surface area contributed by atoms with Crippen LogP contribution in [0.4, 0.5) is 5.95 Å². The second-order valence-electron chi connectivity index (χ2n) is 7.35. The lowest BCUT2D eigenvalue weighted by Crippen LogP contribution is -2.04. The van der Waals surface area contributed by atoms with Crippen LogP contribution in [0.1, 0.15) is 16.8 Å². The monoisotopic (exact) mass is 408 g/mol. The Hall–Kier alpha value is -4.20. The van der Waals surface area contributed by atoms with Gasteiger partial charge in [-0.05, 0) is 54.3 Å². The molecule has 1 N–H and O–H groups in total. The number of anilines is 1. The van der Waals surface area contributed by atoms with Crippen molar-refractivity contribution in [3.8, 4) is 22.4 Å². The Morgan fingerprint density at radius 1 is 0.871 bits per heavy atom. The Morgan fingerprint density at radius 2 is 1.77 bits per heavy atom. The van der Waals surface area contributed by atoms with Crippen LogP contribution in [-0.2, 0) is 6.54 Å². The molecule has 0 saturated heterocycles. The zero-order chi connectivity index (χ0) is 21.2. The minimum absolute atomic E-state index is 0.632. The Morgan fingerprint density at radius 3 is 2.58 bits per heavy atom. The normalized spacial score (nSPS) is 11.0. The molecular formula is C23H20N8. The predicted octanol–water partition coefficient (Wildman–Crippen LogP) is 3.87. The van der Waals surface area contributed by atoms with Gasteiger partial charge in [-0.1, -0.05) is 18.2 Å². The molecule has 0 radical (unpaired) electrons. The van der Waals surface area contributed by atoms with E-state index in [0.29, 0.717) is 18.1 Å². The average molecular weight is 408 g/mol. The summed E-state index contributed by atoms with van der Waals surface area (Å²) in [5.41, 5.74) is 8.16. The van der Waals surface area contributed by atoms with Crippen LogP contribution in [0.25, 0.3) is 28.0 Å². The maximum Gasteiger partial charge on any atom is 0.230 e. The first kappa shape index (κ1) is 18.8. The number of hydrogen-bond donors (Lipinski definition) is 1. The van der Waals surface area contributed by atoms with E-state index in [1.54, 1.807) is 18.7 Å². The molecule has 0 amide bonds. The topological polar surface area (TPSA) is 93.8 Å². The molecule has 0 atom stereocenters. The highest BCUT2D eigenvalue weighted by molar-refractivity contribution is 5.67. The molecular weight excluding hydrogens is 388 g/mol. The minimum atomic E-state index is 0.632. The molecule has 0 bridgehead atoms. The zero-order valence-corrected chi connectivity index (χ0v) is 17.2. The number of pyridine rings is 1. The van der Waals surface area contributed by atoms with E-state index in [0.717, 1.165) is 22.5 Å². The lowest BCUT2D eigenvalue weighted by Gasteiger charge is -2.10. The van der Waals surface area contributed by atoms with Gasteiger partial charge >= 0.3 is 0 Å². The molecule has 31 heavy (non-hydrogen) atoms. The van der Waals surface area contributed by atoms with Crippen molar-refractivity contribution in [2.24, 2.45) is 0 Å². The molecule has 0 unspecified atom stereocenters. The summed E-state index contributed by atoms with van der Waals surface area (Å²) in [6.07, 6.45) is 6.88. The van der Waals surface area contributed by atoms with Crippen LogP contribution in [0, 0.1) is 13.8 Å². The van der Waals surface area contributed by atoms with Crippen LogP contribution in [0.15, 0.2) is 67.4 Å². The van der Waals surface area contributed by atoms with Crippen molar-refractivity contribution < 1.29 is 0 Å². The standard InChI is InChI=1S/C23H20N8/c1-15-9-17(3-4-20(15)18-5-7-24-16(2)10-18)12-25-23-30-29-22-11-21(26-14-31(22)23)19-6-8-27-28-13-19/h3-11,13-14H,12H2,1-2H3,(H,25,30). The first-order chi connectivity index (χ1) is 15.2. The number of benzene rings is 1. The molecule has 4 heterocycles. The second-order valence-corrected chi connectivity index (χ2v) is 7.35. The molecule has 1 aromatic carbocycles. The molecule has 0 fully saturated rings. The summed E-state index contributed by atoms with van der Waals surface area (Å²) in [5, 5.41) is 19.6. The SMILES string of the molecule is Cc1cc(-c2ccc(CNc3nnc4cc(-c5ccnnc5)ncn34)cc2C)ccn1. The van der Waals surface area contributed by atoms with Crippen molar-refractivity contribution in [2.75, 3.05) is 5.32 Å². The maximum atomic E-state index is 4.50. The van der Waals surface area contributed by atoms with E-state index in [-0.39, 0.29) is 0 Å². The minimum Gasteiger partial charge on any atom is -0.350 e. The van der Waals surface area contributed by atoms with Gasteiger partial charge in [-0.15, -0.1) is 10.2 Å². The smallest absolute Gasteiger partial charge is 0.230 e.